The van der Waals surface area contributed by atoms with Crippen LogP contribution in [0.3, 0.4) is 0 Å². The number of hydrogen-bond donors (Lipinski definition) is 0. The van der Waals surface area contributed by atoms with Gasteiger partial charge in [-0.3, -0.25) is 4.79 Å². The molecule has 0 aliphatic heterocycles. The maximum absolute atomic E-state index is 12.5. The highest BCUT2D eigenvalue weighted by atomic mass is 35.5. The maximum atomic E-state index is 12.5. The Kier molecular flexibility index (Phi) is 6.90. The summed E-state index contributed by atoms with van der Waals surface area (Å²) in [5.41, 5.74) is 2.22. The minimum absolute atomic E-state index is 0.00959. The molecule has 26 heavy (non-hydrogen) atoms. The van der Waals surface area contributed by atoms with E-state index in [9.17, 15) is 4.79 Å². The van der Waals surface area contributed by atoms with Gasteiger partial charge in [0.15, 0.2) is 0 Å². The molecule has 6 heteroatoms. The normalized spacial score (nSPS) is 11.5. The number of nitriles is 1. The van der Waals surface area contributed by atoms with Crippen LogP contribution in [0.4, 0.5) is 5.69 Å². The Labute approximate surface area is 164 Å². The van der Waals surface area contributed by atoms with Crippen LogP contribution < -0.4 is 4.90 Å². The fourth-order valence-electron chi connectivity index (χ4n) is 2.77. The molecule has 0 saturated carbocycles. The van der Waals surface area contributed by atoms with Crippen molar-refractivity contribution >= 4 is 34.8 Å². The first-order valence-electron chi connectivity index (χ1n) is 8.26. The van der Waals surface area contributed by atoms with E-state index in [1.54, 1.807) is 31.1 Å². The molecule has 136 valence electrons. The van der Waals surface area contributed by atoms with Gasteiger partial charge in [-0.15, -0.1) is 0 Å². The van der Waals surface area contributed by atoms with E-state index < -0.39 is 0 Å². The summed E-state index contributed by atoms with van der Waals surface area (Å²) in [5, 5.41) is 10.2. The molecule has 4 nitrogen and oxygen atoms in total. The van der Waals surface area contributed by atoms with Crippen molar-refractivity contribution in [1.82, 2.24) is 4.90 Å². The van der Waals surface area contributed by atoms with Crippen LogP contribution in [-0.4, -0.2) is 37.5 Å². The summed E-state index contributed by atoms with van der Waals surface area (Å²) in [6.07, 6.45) is 0.683. The van der Waals surface area contributed by atoms with Crippen molar-refractivity contribution < 1.29 is 4.79 Å². The van der Waals surface area contributed by atoms with Crippen molar-refractivity contribution in [3.8, 4) is 6.07 Å². The first-order chi connectivity index (χ1) is 12.3. The minimum atomic E-state index is -0.378. The van der Waals surface area contributed by atoms with E-state index in [0.717, 1.165) is 11.3 Å². The fourth-order valence-corrected chi connectivity index (χ4v) is 3.22. The topological polar surface area (TPSA) is 47.3 Å². The van der Waals surface area contributed by atoms with Crippen LogP contribution in [0.15, 0.2) is 42.5 Å². The Morgan fingerprint density at radius 1 is 1.15 bits per heavy atom. The van der Waals surface area contributed by atoms with Gasteiger partial charge in [0, 0.05) is 31.4 Å². The van der Waals surface area contributed by atoms with Crippen molar-refractivity contribution in [3.05, 3.63) is 63.6 Å². The van der Waals surface area contributed by atoms with Crippen LogP contribution in [0.5, 0.6) is 0 Å². The number of benzene rings is 2. The molecule has 0 radical (unpaired) electrons. The third-order valence-corrected chi connectivity index (χ3v) is 4.93. The number of amides is 1. The summed E-state index contributed by atoms with van der Waals surface area (Å²) in [6.45, 7) is 2.45. The monoisotopic (exact) mass is 389 g/mol. The zero-order valence-corrected chi connectivity index (χ0v) is 16.6. The average molecular weight is 390 g/mol. The third kappa shape index (κ3) is 4.69. The summed E-state index contributed by atoms with van der Waals surface area (Å²) in [6, 6.07) is 14.6. The van der Waals surface area contributed by atoms with Gasteiger partial charge >= 0.3 is 0 Å². The largest absolute Gasteiger partial charge is 0.359 e. The predicted molar refractivity (Wildman–Crippen MR) is 107 cm³/mol. The predicted octanol–water partition coefficient (Wildman–Crippen LogP) is 4.39. The van der Waals surface area contributed by atoms with Gasteiger partial charge in [0.1, 0.15) is 12.1 Å². The molecular weight excluding hydrogens is 369 g/mol. The van der Waals surface area contributed by atoms with Crippen LogP contribution in [0, 0.1) is 11.3 Å². The fraction of sp³-hybridized carbons (Fsp3) is 0.300. The van der Waals surface area contributed by atoms with Crippen LogP contribution in [0.2, 0.25) is 10.0 Å². The Morgan fingerprint density at radius 2 is 1.85 bits per heavy atom. The van der Waals surface area contributed by atoms with Gasteiger partial charge in [0.05, 0.1) is 10.6 Å². The number of carbonyl (C=O) groups is 1. The zero-order chi connectivity index (χ0) is 19.3. The number of likely N-dealkylation sites (N-methyl/N-ethyl adjacent to an activating group) is 1. The van der Waals surface area contributed by atoms with E-state index in [1.807, 2.05) is 42.2 Å². The first-order valence-corrected chi connectivity index (χ1v) is 9.01. The summed E-state index contributed by atoms with van der Waals surface area (Å²) in [5.74, 6) is -0.00959. The summed E-state index contributed by atoms with van der Waals surface area (Å²) in [7, 11) is 3.47. The lowest BCUT2D eigenvalue weighted by Gasteiger charge is -2.32. The SMILES string of the molecule is CC(C(=O)N(C)C)N(CCc1ccccc1Cl)c1ccc(C#N)c(Cl)c1. The highest BCUT2D eigenvalue weighted by molar-refractivity contribution is 6.32. The highest BCUT2D eigenvalue weighted by Crippen LogP contribution is 2.26. The maximum Gasteiger partial charge on any atom is 0.244 e. The molecule has 2 aromatic rings. The Balaban J connectivity index is 2.33. The van der Waals surface area contributed by atoms with Gasteiger partial charge in [-0.2, -0.15) is 5.26 Å². The standard InChI is InChI=1S/C20H21Cl2N3O/c1-14(20(26)24(2)3)25(11-10-15-6-4-5-7-18(15)21)17-9-8-16(13-23)19(22)12-17/h4-9,12,14H,10-11H2,1-3H3. The van der Waals surface area contributed by atoms with Gasteiger partial charge < -0.3 is 9.80 Å². The Hall–Kier alpha value is -2.22. The quantitative estimate of drug-likeness (QED) is 0.735. The highest BCUT2D eigenvalue weighted by Gasteiger charge is 2.23. The minimum Gasteiger partial charge on any atom is -0.359 e. The lowest BCUT2D eigenvalue weighted by atomic mass is 10.1. The van der Waals surface area contributed by atoms with Crippen LogP contribution in [-0.2, 0) is 11.2 Å². The van der Waals surface area contributed by atoms with Crippen LogP contribution >= 0.6 is 23.2 Å². The van der Waals surface area contributed by atoms with Gasteiger partial charge in [0.2, 0.25) is 5.91 Å². The van der Waals surface area contributed by atoms with Gasteiger partial charge in [-0.05, 0) is 43.2 Å². The Bertz CT molecular complexity index is 830. The molecule has 2 rings (SSSR count). The van der Waals surface area contributed by atoms with E-state index in [-0.39, 0.29) is 11.9 Å². The van der Waals surface area contributed by atoms with Crippen LogP contribution in [0.1, 0.15) is 18.1 Å². The smallest absolute Gasteiger partial charge is 0.244 e. The lowest BCUT2D eigenvalue weighted by molar-refractivity contribution is -0.129. The second-order valence-electron chi connectivity index (χ2n) is 6.22. The van der Waals surface area contributed by atoms with Crippen molar-refractivity contribution in [2.24, 2.45) is 0 Å². The number of rotatable bonds is 6. The number of carbonyl (C=O) groups excluding carboxylic acids is 1. The summed E-state index contributed by atoms with van der Waals surface area (Å²) in [4.78, 5) is 16.1. The summed E-state index contributed by atoms with van der Waals surface area (Å²) < 4.78 is 0. The number of anilines is 1. The number of hydrogen-bond acceptors (Lipinski definition) is 3. The zero-order valence-electron chi connectivity index (χ0n) is 15.0. The third-order valence-electron chi connectivity index (χ3n) is 4.25. The van der Waals surface area contributed by atoms with E-state index >= 15 is 0 Å². The Morgan fingerprint density at radius 3 is 2.42 bits per heavy atom. The second-order valence-corrected chi connectivity index (χ2v) is 7.03. The molecule has 2 aromatic carbocycles. The first kappa shape index (κ1) is 20.1. The van der Waals surface area contributed by atoms with Crippen molar-refractivity contribution in [1.29, 1.82) is 5.26 Å². The van der Waals surface area contributed by atoms with Crippen molar-refractivity contribution in [3.63, 3.8) is 0 Å². The summed E-state index contributed by atoms with van der Waals surface area (Å²) >= 11 is 12.5. The van der Waals surface area contributed by atoms with Crippen molar-refractivity contribution in [2.45, 2.75) is 19.4 Å². The molecular formula is C20H21Cl2N3O. The molecule has 1 atom stereocenters. The van der Waals surface area contributed by atoms with Gasteiger partial charge in [-0.1, -0.05) is 41.4 Å². The second kappa shape index (κ2) is 8.93. The molecule has 0 saturated heterocycles. The molecule has 0 fully saturated rings. The van der Waals surface area contributed by atoms with Crippen molar-refractivity contribution in [2.75, 3.05) is 25.5 Å². The molecule has 0 aliphatic rings. The molecule has 1 unspecified atom stereocenters. The van der Waals surface area contributed by atoms with E-state index in [4.69, 9.17) is 28.5 Å². The average Bonchev–Trinajstić information content (AvgIpc) is 2.62. The molecule has 0 aliphatic carbocycles. The number of halogens is 2. The molecule has 0 heterocycles. The molecule has 0 spiro atoms. The van der Waals surface area contributed by atoms with Gasteiger partial charge in [0.25, 0.3) is 0 Å². The number of nitrogens with zero attached hydrogens (tertiary/aromatic N) is 3. The van der Waals surface area contributed by atoms with E-state index in [2.05, 4.69) is 6.07 Å². The molecule has 0 N–H and O–H groups in total. The van der Waals surface area contributed by atoms with E-state index in [1.165, 1.54) is 0 Å². The van der Waals surface area contributed by atoms with Crippen LogP contribution in [0.25, 0.3) is 0 Å². The molecule has 0 bridgehead atoms. The van der Waals surface area contributed by atoms with E-state index in [0.29, 0.717) is 28.6 Å². The lowest BCUT2D eigenvalue weighted by Crippen LogP contribution is -2.45. The molecule has 1 amide bonds. The molecule has 0 aromatic heterocycles. The van der Waals surface area contributed by atoms with Gasteiger partial charge in [-0.25, -0.2) is 0 Å².